The van der Waals surface area contributed by atoms with E-state index in [0.717, 1.165) is 18.9 Å². The molecule has 0 aliphatic heterocycles. The Bertz CT molecular complexity index is 269. The van der Waals surface area contributed by atoms with Gasteiger partial charge in [0.2, 0.25) is 0 Å². The lowest BCUT2D eigenvalue weighted by Gasteiger charge is -2.53. The molecule has 3 atom stereocenters. The van der Waals surface area contributed by atoms with Gasteiger partial charge in [-0.2, -0.15) is 0 Å². The molecule has 2 saturated carbocycles. The Morgan fingerprint density at radius 2 is 1.85 bits per heavy atom. The van der Waals surface area contributed by atoms with Crippen LogP contribution in [0.5, 0.6) is 0 Å². The second-order valence-corrected chi connectivity index (χ2v) is 7.14. The molecule has 2 aliphatic carbocycles. The second kappa shape index (κ2) is 7.79. The van der Waals surface area contributed by atoms with Crippen molar-refractivity contribution in [1.82, 2.24) is 0 Å². The fraction of sp³-hybridized carbons (Fsp3) is 1.00. The number of unbranched alkanes of at least 4 members (excludes halogenated alkanes) is 1. The predicted molar refractivity (Wildman–Crippen MR) is 83.8 cm³/mol. The van der Waals surface area contributed by atoms with Crippen molar-refractivity contribution in [3.63, 3.8) is 0 Å². The van der Waals surface area contributed by atoms with Crippen molar-refractivity contribution < 1.29 is 9.84 Å². The summed E-state index contributed by atoms with van der Waals surface area (Å²) in [5.74, 6) is 0.718. The maximum absolute atomic E-state index is 10.3. The van der Waals surface area contributed by atoms with Crippen molar-refractivity contribution in [2.75, 3.05) is 6.61 Å². The second-order valence-electron chi connectivity index (χ2n) is 7.14. The Hall–Kier alpha value is -0.0800. The summed E-state index contributed by atoms with van der Waals surface area (Å²) in [5, 5.41) is 10.3. The van der Waals surface area contributed by atoms with Gasteiger partial charge in [-0.25, -0.2) is 0 Å². The molecule has 2 rings (SSSR count). The Morgan fingerprint density at radius 3 is 2.40 bits per heavy atom. The van der Waals surface area contributed by atoms with Gasteiger partial charge in [-0.05, 0) is 25.2 Å². The average molecular weight is 282 g/mol. The summed E-state index contributed by atoms with van der Waals surface area (Å²) in [6.45, 7) is 5.45. The van der Waals surface area contributed by atoms with Gasteiger partial charge < -0.3 is 9.84 Å². The first-order valence-electron chi connectivity index (χ1n) is 9.02. The van der Waals surface area contributed by atoms with Crippen LogP contribution in [0.1, 0.15) is 84.5 Å². The molecule has 0 bridgehead atoms. The number of ether oxygens (including phenoxy) is 1. The first kappa shape index (κ1) is 16.3. The van der Waals surface area contributed by atoms with E-state index in [1.165, 1.54) is 64.2 Å². The van der Waals surface area contributed by atoms with E-state index in [2.05, 4.69) is 13.8 Å². The van der Waals surface area contributed by atoms with Crippen molar-refractivity contribution >= 4 is 0 Å². The van der Waals surface area contributed by atoms with Gasteiger partial charge in [0.1, 0.15) is 0 Å². The summed E-state index contributed by atoms with van der Waals surface area (Å²) >= 11 is 0. The van der Waals surface area contributed by atoms with E-state index in [0.29, 0.717) is 6.10 Å². The van der Waals surface area contributed by atoms with Crippen LogP contribution in [-0.4, -0.2) is 23.9 Å². The van der Waals surface area contributed by atoms with Gasteiger partial charge in [-0.1, -0.05) is 58.8 Å². The standard InChI is InChI=1S/C18H34O2/c1-3-5-10-15(4-2)14-20-17-13-16(19)18(17)11-8-6-7-9-12-18/h15-17,19H,3-14H2,1-2H3. The van der Waals surface area contributed by atoms with Crippen LogP contribution in [0.25, 0.3) is 0 Å². The van der Waals surface area contributed by atoms with E-state index < -0.39 is 0 Å². The first-order valence-corrected chi connectivity index (χ1v) is 9.02. The maximum Gasteiger partial charge on any atom is 0.0681 e. The van der Waals surface area contributed by atoms with Crippen LogP contribution in [0.15, 0.2) is 0 Å². The normalized spacial score (nSPS) is 30.8. The monoisotopic (exact) mass is 282 g/mol. The molecule has 0 radical (unpaired) electrons. The molecule has 0 heterocycles. The highest BCUT2D eigenvalue weighted by Gasteiger charge is 2.54. The molecule has 20 heavy (non-hydrogen) atoms. The van der Waals surface area contributed by atoms with Crippen molar-refractivity contribution in [2.45, 2.75) is 96.7 Å². The lowest BCUT2D eigenvalue weighted by Crippen LogP contribution is -2.58. The molecular formula is C18H34O2. The van der Waals surface area contributed by atoms with Gasteiger partial charge in [0.25, 0.3) is 0 Å². The van der Waals surface area contributed by atoms with Crippen LogP contribution in [0.4, 0.5) is 0 Å². The lowest BCUT2D eigenvalue weighted by molar-refractivity contribution is -0.203. The van der Waals surface area contributed by atoms with E-state index in [9.17, 15) is 5.11 Å². The quantitative estimate of drug-likeness (QED) is 0.734. The third-order valence-electron chi connectivity index (χ3n) is 5.85. The first-order chi connectivity index (χ1) is 9.73. The Balaban J connectivity index is 1.82. The molecule has 0 aromatic carbocycles. The summed E-state index contributed by atoms with van der Waals surface area (Å²) in [5.41, 5.74) is 0.125. The fourth-order valence-electron chi connectivity index (χ4n) is 4.15. The number of hydrogen-bond donors (Lipinski definition) is 1. The van der Waals surface area contributed by atoms with Crippen LogP contribution in [-0.2, 0) is 4.74 Å². The van der Waals surface area contributed by atoms with Crippen molar-refractivity contribution in [1.29, 1.82) is 0 Å². The number of rotatable bonds is 7. The molecular weight excluding hydrogens is 248 g/mol. The highest BCUT2D eigenvalue weighted by Crippen LogP contribution is 2.52. The third-order valence-corrected chi connectivity index (χ3v) is 5.85. The van der Waals surface area contributed by atoms with Crippen LogP contribution in [0.2, 0.25) is 0 Å². The number of aliphatic hydroxyl groups excluding tert-OH is 1. The minimum atomic E-state index is -0.0960. The van der Waals surface area contributed by atoms with Crippen molar-refractivity contribution in [2.24, 2.45) is 11.3 Å². The van der Waals surface area contributed by atoms with E-state index in [1.54, 1.807) is 0 Å². The van der Waals surface area contributed by atoms with Crippen molar-refractivity contribution in [3.05, 3.63) is 0 Å². The highest BCUT2D eigenvalue weighted by atomic mass is 16.5. The van der Waals surface area contributed by atoms with Crippen LogP contribution in [0, 0.1) is 11.3 Å². The summed E-state index contributed by atoms with van der Waals surface area (Å²) in [6, 6.07) is 0. The minimum absolute atomic E-state index is 0.0960. The minimum Gasteiger partial charge on any atom is -0.392 e. The van der Waals surface area contributed by atoms with E-state index in [4.69, 9.17) is 4.74 Å². The van der Waals surface area contributed by atoms with Gasteiger partial charge >= 0.3 is 0 Å². The molecule has 118 valence electrons. The van der Waals surface area contributed by atoms with Gasteiger partial charge in [0, 0.05) is 18.4 Å². The van der Waals surface area contributed by atoms with Gasteiger partial charge in [-0.15, -0.1) is 0 Å². The third kappa shape index (κ3) is 3.57. The topological polar surface area (TPSA) is 29.5 Å². The molecule has 0 aromatic rings. The Morgan fingerprint density at radius 1 is 1.15 bits per heavy atom. The van der Waals surface area contributed by atoms with Gasteiger partial charge in [-0.3, -0.25) is 0 Å². The summed E-state index contributed by atoms with van der Waals surface area (Å²) in [4.78, 5) is 0. The predicted octanol–water partition coefficient (Wildman–Crippen LogP) is 4.69. The number of hydrogen-bond acceptors (Lipinski definition) is 2. The van der Waals surface area contributed by atoms with Crippen molar-refractivity contribution in [3.8, 4) is 0 Å². The van der Waals surface area contributed by atoms with E-state index in [1.807, 2.05) is 0 Å². The van der Waals surface area contributed by atoms with E-state index >= 15 is 0 Å². The zero-order valence-electron chi connectivity index (χ0n) is 13.6. The molecule has 2 heteroatoms. The number of aliphatic hydroxyl groups is 1. The molecule has 1 N–H and O–H groups in total. The summed E-state index contributed by atoms with van der Waals surface area (Å²) in [6.07, 6.45) is 13.9. The zero-order chi connectivity index (χ0) is 14.4. The molecule has 0 amide bonds. The van der Waals surface area contributed by atoms with Gasteiger partial charge in [0.15, 0.2) is 0 Å². The Kier molecular flexibility index (Phi) is 6.35. The van der Waals surface area contributed by atoms with Crippen LogP contribution < -0.4 is 0 Å². The maximum atomic E-state index is 10.3. The largest absolute Gasteiger partial charge is 0.392 e. The molecule has 3 unspecified atom stereocenters. The summed E-state index contributed by atoms with van der Waals surface area (Å²) < 4.78 is 6.29. The molecule has 2 aliphatic rings. The van der Waals surface area contributed by atoms with Gasteiger partial charge in [0.05, 0.1) is 12.2 Å². The fourth-order valence-corrected chi connectivity index (χ4v) is 4.15. The average Bonchev–Trinajstić information content (AvgIpc) is 2.74. The molecule has 1 spiro atoms. The van der Waals surface area contributed by atoms with E-state index in [-0.39, 0.29) is 11.5 Å². The molecule has 2 fully saturated rings. The van der Waals surface area contributed by atoms with Crippen LogP contribution in [0.3, 0.4) is 0 Å². The zero-order valence-corrected chi connectivity index (χ0v) is 13.6. The molecule has 2 nitrogen and oxygen atoms in total. The molecule has 0 saturated heterocycles. The Labute approximate surface area is 125 Å². The summed E-state index contributed by atoms with van der Waals surface area (Å²) in [7, 11) is 0. The van der Waals surface area contributed by atoms with Crippen LogP contribution >= 0.6 is 0 Å². The smallest absolute Gasteiger partial charge is 0.0681 e. The SMILES string of the molecule is CCCCC(CC)COC1CC(O)C12CCCCCC2. The molecule has 0 aromatic heterocycles. The highest BCUT2D eigenvalue weighted by molar-refractivity contribution is 5.04. The lowest BCUT2D eigenvalue weighted by atomic mass is 9.59.